The molecule has 1 saturated carbocycles. The lowest BCUT2D eigenvalue weighted by Gasteiger charge is -1.73. The average molecular weight is 216 g/mol. The largest absolute Gasteiger partial charge is 0.121 e. The van der Waals surface area contributed by atoms with Crippen molar-refractivity contribution in [2.75, 3.05) is 0 Å². The molecule has 1 aliphatic carbocycles. The van der Waals surface area contributed by atoms with Gasteiger partial charge in [0, 0.05) is 16.3 Å². The van der Waals surface area contributed by atoms with Crippen LogP contribution in [0, 0.1) is 5.92 Å². The number of hydrogen-bond acceptors (Lipinski definition) is 0. The molecule has 0 bridgehead atoms. The topological polar surface area (TPSA) is 0 Å². The van der Waals surface area contributed by atoms with Crippen molar-refractivity contribution < 1.29 is 0 Å². The maximum absolute atomic E-state index is 5.72. The lowest BCUT2D eigenvalue weighted by Crippen LogP contribution is -1.66. The summed E-state index contributed by atoms with van der Waals surface area (Å²) in [6.07, 6.45) is 1.90. The summed E-state index contributed by atoms with van der Waals surface area (Å²) in [5, 5.41) is 0.255. The van der Waals surface area contributed by atoms with Gasteiger partial charge in [0.25, 0.3) is 0 Å². The molecule has 0 heterocycles. The molecule has 0 N–H and O–H groups in total. The summed E-state index contributed by atoms with van der Waals surface area (Å²) in [6.45, 7) is 0. The Balaban J connectivity index is 2.33. The van der Waals surface area contributed by atoms with E-state index in [0.29, 0.717) is 10.7 Å². The molecule has 0 aliphatic heterocycles. The van der Waals surface area contributed by atoms with Crippen LogP contribution in [0.5, 0.6) is 0 Å². The highest BCUT2D eigenvalue weighted by atomic mass is 79.9. The van der Waals surface area contributed by atoms with Gasteiger partial charge in [0.1, 0.15) is 0 Å². The van der Waals surface area contributed by atoms with E-state index in [4.69, 9.17) is 23.2 Å². The van der Waals surface area contributed by atoms with E-state index in [-0.39, 0.29) is 5.38 Å². The highest BCUT2D eigenvalue weighted by molar-refractivity contribution is 9.09. The second-order valence-corrected chi connectivity index (χ2v) is 3.60. The Kier molecular flexibility index (Phi) is 2.24. The molecule has 3 heteroatoms. The molecule has 0 aromatic heterocycles. The number of allylic oxidation sites excluding steroid dienone is 1. The summed E-state index contributed by atoms with van der Waals surface area (Å²) in [5.41, 5.74) is 1.52. The molecule has 3 atom stereocenters. The predicted octanol–water partition coefficient (Wildman–Crippen LogP) is 2.74. The Labute approximate surface area is 67.0 Å². The van der Waals surface area contributed by atoms with Crippen LogP contribution in [0.1, 0.15) is 0 Å². The number of rotatable bonds is 1. The Hall–Kier alpha value is 0.800. The third-order valence-electron chi connectivity index (χ3n) is 1.19. The van der Waals surface area contributed by atoms with E-state index in [1.807, 2.05) is 6.08 Å². The summed E-state index contributed by atoms with van der Waals surface area (Å²) in [4.78, 5) is 0.444. The van der Waals surface area contributed by atoms with Crippen LogP contribution in [0.2, 0.25) is 0 Å². The van der Waals surface area contributed by atoms with E-state index >= 15 is 0 Å². The standard InChI is InChI=1S/C5H5BrCl2/c6-4-3(1-2-7)5(4)8/h1-5H/b2-1+. The minimum Gasteiger partial charge on any atom is -0.121 e. The van der Waals surface area contributed by atoms with Gasteiger partial charge in [-0.1, -0.05) is 33.6 Å². The second kappa shape index (κ2) is 2.59. The number of hydrogen-bond donors (Lipinski definition) is 0. The van der Waals surface area contributed by atoms with Crippen molar-refractivity contribution in [1.82, 2.24) is 0 Å². The normalized spacial score (nSPS) is 45.6. The van der Waals surface area contributed by atoms with Gasteiger partial charge in [-0.2, -0.15) is 0 Å². The number of halogens is 3. The molecule has 0 saturated heterocycles. The highest BCUT2D eigenvalue weighted by Gasteiger charge is 2.45. The summed E-state index contributed by atoms with van der Waals surface area (Å²) in [5.74, 6) is 0.453. The zero-order valence-corrected chi connectivity index (χ0v) is 7.12. The van der Waals surface area contributed by atoms with Crippen LogP contribution in [0.4, 0.5) is 0 Å². The molecule has 0 spiro atoms. The van der Waals surface area contributed by atoms with Crippen LogP contribution < -0.4 is 0 Å². The maximum Gasteiger partial charge on any atom is 0.0541 e. The van der Waals surface area contributed by atoms with E-state index in [9.17, 15) is 0 Å². The van der Waals surface area contributed by atoms with Crippen molar-refractivity contribution in [2.45, 2.75) is 10.2 Å². The predicted molar refractivity (Wildman–Crippen MR) is 40.8 cm³/mol. The van der Waals surface area contributed by atoms with Gasteiger partial charge in [0.2, 0.25) is 0 Å². The second-order valence-electron chi connectivity index (χ2n) is 1.78. The first-order valence-corrected chi connectivity index (χ1v) is 4.11. The average Bonchev–Trinajstić information content (AvgIpc) is 2.25. The zero-order chi connectivity index (χ0) is 6.15. The van der Waals surface area contributed by atoms with Gasteiger partial charge in [0.05, 0.1) is 5.38 Å². The van der Waals surface area contributed by atoms with Gasteiger partial charge in [-0.05, 0) is 0 Å². The first kappa shape index (κ1) is 6.91. The van der Waals surface area contributed by atoms with Crippen LogP contribution in [0.25, 0.3) is 0 Å². The molecule has 3 unspecified atom stereocenters. The Morgan fingerprint density at radius 1 is 1.50 bits per heavy atom. The maximum atomic E-state index is 5.72. The quantitative estimate of drug-likeness (QED) is 0.591. The third kappa shape index (κ3) is 1.20. The molecule has 0 nitrogen and oxygen atoms in total. The SMILES string of the molecule is Cl/C=C/C1C(Cl)C1Br. The fraction of sp³-hybridized carbons (Fsp3) is 0.600. The molecule has 1 rings (SSSR count). The van der Waals surface area contributed by atoms with Gasteiger partial charge < -0.3 is 0 Å². The van der Waals surface area contributed by atoms with Crippen LogP contribution >= 0.6 is 39.1 Å². The van der Waals surface area contributed by atoms with Crippen LogP contribution in [0.15, 0.2) is 11.6 Å². The summed E-state index contributed by atoms with van der Waals surface area (Å²) < 4.78 is 0. The first-order valence-electron chi connectivity index (χ1n) is 2.32. The van der Waals surface area contributed by atoms with Crippen LogP contribution in [0.3, 0.4) is 0 Å². The fourth-order valence-corrected chi connectivity index (χ4v) is 1.91. The number of alkyl halides is 2. The monoisotopic (exact) mass is 214 g/mol. The van der Waals surface area contributed by atoms with Crippen molar-refractivity contribution in [3.8, 4) is 0 Å². The van der Waals surface area contributed by atoms with E-state index in [1.54, 1.807) is 0 Å². The first-order chi connectivity index (χ1) is 3.77. The van der Waals surface area contributed by atoms with Crippen LogP contribution in [-0.4, -0.2) is 10.2 Å². The van der Waals surface area contributed by atoms with Crippen LogP contribution in [-0.2, 0) is 0 Å². The van der Waals surface area contributed by atoms with Gasteiger partial charge in [-0.15, -0.1) is 11.6 Å². The molecule has 1 aliphatic rings. The van der Waals surface area contributed by atoms with Crippen molar-refractivity contribution >= 4 is 39.1 Å². The van der Waals surface area contributed by atoms with Gasteiger partial charge >= 0.3 is 0 Å². The summed E-state index contributed by atoms with van der Waals surface area (Å²) >= 11 is 14.4. The lowest BCUT2D eigenvalue weighted by molar-refractivity contribution is 1.14. The Bertz CT molecular complexity index is 105. The van der Waals surface area contributed by atoms with Crippen molar-refractivity contribution in [1.29, 1.82) is 0 Å². The van der Waals surface area contributed by atoms with E-state index in [2.05, 4.69) is 15.9 Å². The molecule has 0 aromatic rings. The Morgan fingerprint density at radius 3 is 2.12 bits per heavy atom. The molecule has 0 amide bonds. The van der Waals surface area contributed by atoms with E-state index in [1.165, 1.54) is 5.54 Å². The highest BCUT2D eigenvalue weighted by Crippen LogP contribution is 2.44. The third-order valence-corrected chi connectivity index (χ3v) is 3.39. The Morgan fingerprint density at radius 2 is 2.00 bits per heavy atom. The molecular weight excluding hydrogens is 211 g/mol. The fourth-order valence-electron chi connectivity index (χ4n) is 0.556. The van der Waals surface area contributed by atoms with Crippen molar-refractivity contribution in [3.63, 3.8) is 0 Å². The lowest BCUT2D eigenvalue weighted by atomic mass is 10.4. The molecule has 46 valence electrons. The van der Waals surface area contributed by atoms with E-state index in [0.717, 1.165) is 0 Å². The van der Waals surface area contributed by atoms with Crippen molar-refractivity contribution in [3.05, 3.63) is 11.6 Å². The minimum absolute atomic E-state index is 0.255. The molecular formula is C5H5BrCl2. The van der Waals surface area contributed by atoms with Gasteiger partial charge in [-0.25, -0.2) is 0 Å². The molecule has 0 aromatic carbocycles. The summed E-state index contributed by atoms with van der Waals surface area (Å²) in [7, 11) is 0. The zero-order valence-electron chi connectivity index (χ0n) is 4.02. The smallest absolute Gasteiger partial charge is 0.0541 e. The molecule has 8 heavy (non-hydrogen) atoms. The molecule has 0 radical (unpaired) electrons. The van der Waals surface area contributed by atoms with E-state index < -0.39 is 0 Å². The minimum atomic E-state index is 0.255. The summed E-state index contributed by atoms with van der Waals surface area (Å²) in [6, 6.07) is 0. The van der Waals surface area contributed by atoms with Crippen molar-refractivity contribution in [2.24, 2.45) is 5.92 Å². The van der Waals surface area contributed by atoms with Gasteiger partial charge in [0.15, 0.2) is 0 Å². The van der Waals surface area contributed by atoms with Gasteiger partial charge in [-0.3, -0.25) is 0 Å². The molecule has 1 fully saturated rings.